The number of methoxy groups -OCH3 is 1. The van der Waals surface area contributed by atoms with E-state index in [-0.39, 0.29) is 24.4 Å². The molecule has 6 heteroatoms. The summed E-state index contributed by atoms with van der Waals surface area (Å²) < 4.78 is 5.17. The first-order valence-electron chi connectivity index (χ1n) is 9.59. The molecule has 1 saturated heterocycles. The third-order valence-electron chi connectivity index (χ3n) is 5.54. The van der Waals surface area contributed by atoms with Gasteiger partial charge in [-0.25, -0.2) is 0 Å². The molecule has 3 rings (SSSR count). The number of ether oxygens (including phenoxy) is 1. The number of carbonyl (C=O) groups is 2. The van der Waals surface area contributed by atoms with Crippen LogP contribution in [0.5, 0.6) is 5.75 Å². The molecule has 1 aliphatic heterocycles. The van der Waals surface area contributed by atoms with Gasteiger partial charge in [0.2, 0.25) is 11.8 Å². The van der Waals surface area contributed by atoms with Gasteiger partial charge in [0.25, 0.3) is 0 Å². The summed E-state index contributed by atoms with van der Waals surface area (Å²) in [5.74, 6) is 1.15. The van der Waals surface area contributed by atoms with Crippen molar-refractivity contribution in [2.75, 3.05) is 25.5 Å². The molecule has 1 aromatic carbocycles. The number of hydrogen-bond acceptors (Lipinski definition) is 4. The van der Waals surface area contributed by atoms with Gasteiger partial charge in [-0.15, -0.1) is 0 Å². The minimum Gasteiger partial charge on any atom is -0.497 e. The summed E-state index contributed by atoms with van der Waals surface area (Å²) in [5.41, 5.74) is 0.669. The topological polar surface area (TPSA) is 70.7 Å². The Labute approximate surface area is 155 Å². The monoisotopic (exact) mass is 359 g/mol. The molecule has 2 amide bonds. The molecule has 0 spiro atoms. The molecule has 0 radical (unpaired) electrons. The van der Waals surface area contributed by atoms with Crippen LogP contribution in [0, 0.1) is 5.92 Å². The molecule has 0 aromatic heterocycles. The van der Waals surface area contributed by atoms with Crippen LogP contribution in [0.2, 0.25) is 0 Å². The first-order chi connectivity index (χ1) is 12.6. The number of nitrogens with zero attached hydrogens (tertiary/aromatic N) is 1. The molecule has 2 fully saturated rings. The van der Waals surface area contributed by atoms with E-state index in [1.165, 1.54) is 19.3 Å². The average Bonchev–Trinajstić information content (AvgIpc) is 3.10. The Hall–Kier alpha value is -2.08. The zero-order valence-corrected chi connectivity index (χ0v) is 15.7. The number of carbonyl (C=O) groups excluding carboxylic acids is 2. The van der Waals surface area contributed by atoms with Crippen LogP contribution < -0.4 is 15.4 Å². The second kappa shape index (κ2) is 8.54. The highest BCUT2D eigenvalue weighted by atomic mass is 16.5. The maximum Gasteiger partial charge on any atom is 0.243 e. The third-order valence-corrected chi connectivity index (χ3v) is 5.54. The van der Waals surface area contributed by atoms with Gasteiger partial charge in [-0.2, -0.15) is 0 Å². The van der Waals surface area contributed by atoms with Crippen molar-refractivity contribution in [3.8, 4) is 5.75 Å². The van der Waals surface area contributed by atoms with E-state index in [1.807, 2.05) is 25.1 Å². The number of fused-ring (bicyclic) bond motifs is 1. The Morgan fingerprint density at radius 2 is 2.12 bits per heavy atom. The number of rotatable bonds is 6. The van der Waals surface area contributed by atoms with Gasteiger partial charge in [0, 0.05) is 24.3 Å². The summed E-state index contributed by atoms with van der Waals surface area (Å²) in [6.07, 6.45) is 5.79. The van der Waals surface area contributed by atoms with Gasteiger partial charge < -0.3 is 20.3 Å². The predicted octanol–water partition coefficient (Wildman–Crippen LogP) is 2.40. The summed E-state index contributed by atoms with van der Waals surface area (Å²) in [6, 6.07) is 7.54. The van der Waals surface area contributed by atoms with Crippen molar-refractivity contribution in [1.29, 1.82) is 0 Å². The smallest absolute Gasteiger partial charge is 0.243 e. The van der Waals surface area contributed by atoms with Gasteiger partial charge in [-0.1, -0.05) is 18.9 Å². The van der Waals surface area contributed by atoms with Crippen LogP contribution in [-0.2, 0) is 9.59 Å². The molecule has 2 aliphatic rings. The van der Waals surface area contributed by atoms with Crippen LogP contribution in [0.25, 0.3) is 0 Å². The van der Waals surface area contributed by atoms with E-state index in [2.05, 4.69) is 10.6 Å². The van der Waals surface area contributed by atoms with E-state index in [4.69, 9.17) is 4.74 Å². The van der Waals surface area contributed by atoms with Crippen LogP contribution in [-0.4, -0.2) is 49.0 Å². The van der Waals surface area contributed by atoms with Crippen LogP contribution in [0.3, 0.4) is 0 Å². The molecule has 0 bridgehead atoms. The number of amides is 2. The van der Waals surface area contributed by atoms with E-state index in [1.54, 1.807) is 18.1 Å². The second-order valence-electron chi connectivity index (χ2n) is 7.24. The summed E-state index contributed by atoms with van der Waals surface area (Å²) in [4.78, 5) is 26.9. The minimum atomic E-state index is -0.191. The van der Waals surface area contributed by atoms with Gasteiger partial charge in [0.05, 0.1) is 19.7 Å². The lowest BCUT2D eigenvalue weighted by molar-refractivity contribution is -0.136. The highest BCUT2D eigenvalue weighted by molar-refractivity contribution is 5.95. The van der Waals surface area contributed by atoms with Crippen molar-refractivity contribution in [1.82, 2.24) is 10.2 Å². The van der Waals surface area contributed by atoms with Crippen LogP contribution >= 0.6 is 0 Å². The molecule has 3 unspecified atom stereocenters. The molecule has 1 heterocycles. The zero-order chi connectivity index (χ0) is 18.5. The van der Waals surface area contributed by atoms with Crippen molar-refractivity contribution in [3.05, 3.63) is 24.3 Å². The van der Waals surface area contributed by atoms with Crippen molar-refractivity contribution in [3.63, 3.8) is 0 Å². The lowest BCUT2D eigenvalue weighted by Gasteiger charge is -2.25. The van der Waals surface area contributed by atoms with Gasteiger partial charge in [-0.3, -0.25) is 9.59 Å². The number of anilines is 1. The van der Waals surface area contributed by atoms with Gasteiger partial charge >= 0.3 is 0 Å². The van der Waals surface area contributed by atoms with Gasteiger partial charge in [0.15, 0.2) is 0 Å². The molecule has 142 valence electrons. The molecule has 1 aliphatic carbocycles. The Kier molecular flexibility index (Phi) is 6.14. The number of nitrogens with one attached hydrogen (secondary N) is 2. The summed E-state index contributed by atoms with van der Waals surface area (Å²) >= 11 is 0. The molecular formula is C20H29N3O3. The molecule has 3 atom stereocenters. The van der Waals surface area contributed by atoms with E-state index in [0.717, 1.165) is 12.8 Å². The molecule has 1 saturated carbocycles. The lowest BCUT2D eigenvalue weighted by atomic mass is 9.85. The fraction of sp³-hybridized carbons (Fsp3) is 0.600. The molecular weight excluding hydrogens is 330 g/mol. The number of benzene rings is 1. The fourth-order valence-corrected chi connectivity index (χ4v) is 4.15. The first kappa shape index (κ1) is 18.7. The van der Waals surface area contributed by atoms with Crippen LogP contribution in [0.1, 0.15) is 39.0 Å². The maximum absolute atomic E-state index is 12.9. The summed E-state index contributed by atoms with van der Waals surface area (Å²) in [6.45, 7) is 2.51. The van der Waals surface area contributed by atoms with E-state index in [0.29, 0.717) is 29.9 Å². The minimum absolute atomic E-state index is 0.0442. The quantitative estimate of drug-likeness (QED) is 0.818. The molecule has 6 nitrogen and oxygen atoms in total. The standard InChI is InChI=1S/C20H29N3O3/c1-3-23(13-19(24)21-15-8-6-9-16(12-15)26-2)20(25)18-11-14-7-4-5-10-17(14)22-18/h6,8-9,12,14,17-18,22H,3-5,7,10-11,13H2,1-2H3,(H,21,24). The number of likely N-dealkylation sites (N-methyl/N-ethyl adjacent to an activating group) is 1. The Morgan fingerprint density at radius 1 is 1.31 bits per heavy atom. The van der Waals surface area contributed by atoms with E-state index >= 15 is 0 Å². The SMILES string of the molecule is CCN(CC(=O)Nc1cccc(OC)c1)C(=O)C1CC2CCCCC2N1. The van der Waals surface area contributed by atoms with E-state index in [9.17, 15) is 9.59 Å². The lowest BCUT2D eigenvalue weighted by Crippen LogP contribution is -2.47. The predicted molar refractivity (Wildman–Crippen MR) is 101 cm³/mol. The summed E-state index contributed by atoms with van der Waals surface area (Å²) in [5, 5.41) is 6.35. The van der Waals surface area contributed by atoms with Crippen molar-refractivity contribution in [2.45, 2.75) is 51.1 Å². The second-order valence-corrected chi connectivity index (χ2v) is 7.24. The van der Waals surface area contributed by atoms with Crippen molar-refractivity contribution >= 4 is 17.5 Å². The Morgan fingerprint density at radius 3 is 2.85 bits per heavy atom. The normalized spacial score (nSPS) is 24.6. The van der Waals surface area contributed by atoms with Crippen molar-refractivity contribution in [2.24, 2.45) is 5.92 Å². The highest BCUT2D eigenvalue weighted by Gasteiger charge is 2.39. The average molecular weight is 359 g/mol. The van der Waals surface area contributed by atoms with Gasteiger partial charge in [-0.05, 0) is 44.2 Å². The Balaban J connectivity index is 1.56. The van der Waals surface area contributed by atoms with Gasteiger partial charge in [0.1, 0.15) is 5.75 Å². The van der Waals surface area contributed by atoms with Crippen LogP contribution in [0.4, 0.5) is 5.69 Å². The molecule has 2 N–H and O–H groups in total. The molecule has 1 aromatic rings. The Bertz CT molecular complexity index is 635. The highest BCUT2D eigenvalue weighted by Crippen LogP contribution is 2.33. The van der Waals surface area contributed by atoms with Crippen molar-refractivity contribution < 1.29 is 14.3 Å². The zero-order valence-electron chi connectivity index (χ0n) is 15.7. The van der Waals surface area contributed by atoms with E-state index < -0.39 is 0 Å². The third kappa shape index (κ3) is 4.36. The largest absolute Gasteiger partial charge is 0.497 e. The number of hydrogen-bond donors (Lipinski definition) is 2. The first-order valence-corrected chi connectivity index (χ1v) is 9.59. The van der Waals surface area contributed by atoms with Crippen LogP contribution in [0.15, 0.2) is 24.3 Å². The maximum atomic E-state index is 12.9. The fourth-order valence-electron chi connectivity index (χ4n) is 4.15. The molecule has 26 heavy (non-hydrogen) atoms. The summed E-state index contributed by atoms with van der Waals surface area (Å²) in [7, 11) is 1.59.